The van der Waals surface area contributed by atoms with Gasteiger partial charge in [-0.1, -0.05) is 18.9 Å². The molecule has 1 fully saturated rings. The lowest BCUT2D eigenvalue weighted by Crippen LogP contribution is -2.41. The van der Waals surface area contributed by atoms with Gasteiger partial charge in [0, 0.05) is 42.1 Å². The van der Waals surface area contributed by atoms with Crippen molar-refractivity contribution in [1.29, 1.82) is 0 Å². The Morgan fingerprint density at radius 1 is 1.18 bits per heavy atom. The Balaban J connectivity index is 1.49. The van der Waals surface area contributed by atoms with Gasteiger partial charge in [-0.15, -0.1) is 0 Å². The van der Waals surface area contributed by atoms with E-state index in [0.717, 1.165) is 36.9 Å². The van der Waals surface area contributed by atoms with E-state index in [1.54, 1.807) is 0 Å². The molecule has 2 amide bonds. The molecule has 1 saturated heterocycles. The van der Waals surface area contributed by atoms with Crippen LogP contribution < -0.4 is 5.32 Å². The molecule has 1 aliphatic heterocycles. The molecule has 2 N–H and O–H groups in total. The number of nitrogens with zero attached hydrogens (tertiary/aromatic N) is 2. The Morgan fingerprint density at radius 2 is 2.00 bits per heavy atom. The van der Waals surface area contributed by atoms with Gasteiger partial charge in [0.2, 0.25) is 0 Å². The lowest BCUT2D eigenvalue weighted by molar-refractivity contribution is 0.175. The number of nitrogens with one attached hydrogen (secondary N) is 2. The van der Waals surface area contributed by atoms with Crippen LogP contribution in [0.2, 0.25) is 0 Å². The third-order valence-electron chi connectivity index (χ3n) is 5.92. The number of carbonyl (C=O) groups excluding carboxylic acids is 1. The van der Waals surface area contributed by atoms with Crippen LogP contribution in [0, 0.1) is 13.8 Å². The van der Waals surface area contributed by atoms with Gasteiger partial charge in [0.15, 0.2) is 0 Å². The molecular formula is C23H28N4O. The van der Waals surface area contributed by atoms with E-state index in [1.165, 1.54) is 28.6 Å². The van der Waals surface area contributed by atoms with Crippen molar-refractivity contribution in [3.63, 3.8) is 0 Å². The number of fused-ring (bicyclic) bond motifs is 1. The molecule has 5 heteroatoms. The Bertz CT molecular complexity index is 963. The number of likely N-dealkylation sites (tertiary alicyclic amines) is 1. The number of aromatic nitrogens is 2. The fourth-order valence-electron chi connectivity index (χ4n) is 4.18. The summed E-state index contributed by atoms with van der Waals surface area (Å²) in [7, 11) is 0. The molecule has 4 rings (SSSR count). The highest BCUT2D eigenvalue weighted by molar-refractivity contribution is 5.85. The summed E-state index contributed by atoms with van der Waals surface area (Å²) >= 11 is 0. The first-order chi connectivity index (χ1) is 13.6. The minimum absolute atomic E-state index is 0.0192. The number of carbonyl (C=O) groups is 1. The molecule has 0 bridgehead atoms. The lowest BCUT2D eigenvalue weighted by Gasteiger charge is -2.30. The lowest BCUT2D eigenvalue weighted by atomic mass is 10.0. The second-order valence-electron chi connectivity index (χ2n) is 7.75. The first-order valence-electron chi connectivity index (χ1n) is 10.2. The molecule has 1 atom stereocenters. The van der Waals surface area contributed by atoms with Crippen LogP contribution >= 0.6 is 0 Å². The Hall–Kier alpha value is -2.82. The van der Waals surface area contributed by atoms with Crippen LogP contribution in [0.1, 0.15) is 54.1 Å². The summed E-state index contributed by atoms with van der Waals surface area (Å²) in [5.74, 6) is 0. The van der Waals surface area contributed by atoms with Crippen molar-refractivity contribution in [1.82, 2.24) is 20.2 Å². The third-order valence-corrected chi connectivity index (χ3v) is 5.92. The largest absolute Gasteiger partial charge is 0.358 e. The maximum Gasteiger partial charge on any atom is 0.318 e. The van der Waals surface area contributed by atoms with Gasteiger partial charge in [-0.2, -0.15) is 0 Å². The second kappa shape index (κ2) is 8.05. The third kappa shape index (κ3) is 3.75. The van der Waals surface area contributed by atoms with E-state index in [0.29, 0.717) is 6.54 Å². The Labute approximate surface area is 166 Å². The van der Waals surface area contributed by atoms with Gasteiger partial charge in [-0.3, -0.25) is 4.98 Å². The Kier molecular flexibility index (Phi) is 5.33. The molecule has 0 spiro atoms. The fourth-order valence-corrected chi connectivity index (χ4v) is 4.18. The molecule has 3 heterocycles. The number of aryl methyl sites for hydroxylation is 2. The van der Waals surface area contributed by atoms with E-state index in [4.69, 9.17) is 0 Å². The van der Waals surface area contributed by atoms with Crippen molar-refractivity contribution in [3.05, 3.63) is 65.1 Å². The smallest absolute Gasteiger partial charge is 0.318 e. The summed E-state index contributed by atoms with van der Waals surface area (Å²) in [4.78, 5) is 22.6. The van der Waals surface area contributed by atoms with Crippen molar-refractivity contribution >= 4 is 16.9 Å². The van der Waals surface area contributed by atoms with Crippen LogP contribution in [0.4, 0.5) is 4.79 Å². The molecule has 0 unspecified atom stereocenters. The van der Waals surface area contributed by atoms with Crippen LogP contribution in [0.25, 0.3) is 10.9 Å². The van der Waals surface area contributed by atoms with Crippen LogP contribution in [0.15, 0.2) is 42.7 Å². The monoisotopic (exact) mass is 376 g/mol. The first kappa shape index (κ1) is 18.5. The summed E-state index contributed by atoms with van der Waals surface area (Å²) < 4.78 is 0. The minimum atomic E-state index is 0.0192. The Morgan fingerprint density at radius 3 is 2.82 bits per heavy atom. The zero-order valence-electron chi connectivity index (χ0n) is 16.7. The first-order valence-corrected chi connectivity index (χ1v) is 10.2. The molecule has 5 nitrogen and oxygen atoms in total. The number of amides is 2. The van der Waals surface area contributed by atoms with Crippen LogP contribution in [-0.4, -0.2) is 27.4 Å². The maximum absolute atomic E-state index is 13.0. The molecule has 146 valence electrons. The van der Waals surface area contributed by atoms with Gasteiger partial charge in [0.1, 0.15) is 0 Å². The number of urea groups is 1. The topological polar surface area (TPSA) is 61.0 Å². The van der Waals surface area contributed by atoms with Gasteiger partial charge in [0.05, 0.1) is 6.04 Å². The normalized spacial score (nSPS) is 17.5. The van der Waals surface area contributed by atoms with Crippen molar-refractivity contribution in [2.24, 2.45) is 0 Å². The standard InChI is InChI=1S/C23H28N4O/c1-16-17(2)26-21-8-7-18(14-20(16)21)15-25-23(28)27-13-5-3-4-6-22(27)19-9-11-24-12-10-19/h7-12,14,22,26H,3-6,13,15H2,1-2H3,(H,25,28)/t22-/m0/s1. The van der Waals surface area contributed by atoms with Gasteiger partial charge in [-0.05, 0) is 67.6 Å². The zero-order valence-corrected chi connectivity index (χ0v) is 16.7. The summed E-state index contributed by atoms with van der Waals surface area (Å²) in [6.07, 6.45) is 8.02. The van der Waals surface area contributed by atoms with Gasteiger partial charge in [-0.25, -0.2) is 4.79 Å². The van der Waals surface area contributed by atoms with Crippen molar-refractivity contribution < 1.29 is 4.79 Å². The van der Waals surface area contributed by atoms with Gasteiger partial charge in [0.25, 0.3) is 0 Å². The SMILES string of the molecule is Cc1[nH]c2ccc(CNC(=O)N3CCCCC[C@H]3c3ccncc3)cc2c1C. The summed E-state index contributed by atoms with van der Waals surface area (Å²) in [5, 5.41) is 4.38. The number of hydrogen-bond acceptors (Lipinski definition) is 2. The van der Waals surface area contributed by atoms with Gasteiger partial charge >= 0.3 is 6.03 Å². The number of rotatable bonds is 3. The number of H-pyrrole nitrogens is 1. The van der Waals surface area contributed by atoms with Crippen molar-refractivity contribution in [2.45, 2.75) is 52.1 Å². The van der Waals surface area contributed by atoms with E-state index in [2.05, 4.69) is 47.3 Å². The molecule has 0 saturated carbocycles. The summed E-state index contributed by atoms with van der Waals surface area (Å²) in [5.41, 5.74) is 5.91. The molecule has 0 aliphatic carbocycles. The average molecular weight is 377 g/mol. The fraction of sp³-hybridized carbons (Fsp3) is 0.391. The second-order valence-corrected chi connectivity index (χ2v) is 7.75. The molecule has 28 heavy (non-hydrogen) atoms. The highest BCUT2D eigenvalue weighted by Crippen LogP contribution is 2.30. The van der Waals surface area contributed by atoms with Crippen LogP contribution in [0.3, 0.4) is 0 Å². The minimum Gasteiger partial charge on any atom is -0.358 e. The quantitative estimate of drug-likeness (QED) is 0.675. The molecule has 2 aromatic heterocycles. The van der Waals surface area contributed by atoms with E-state index in [9.17, 15) is 4.79 Å². The van der Waals surface area contributed by atoms with E-state index in [1.807, 2.05) is 29.4 Å². The van der Waals surface area contributed by atoms with Crippen LogP contribution in [-0.2, 0) is 6.54 Å². The van der Waals surface area contributed by atoms with Gasteiger partial charge < -0.3 is 15.2 Å². The highest BCUT2D eigenvalue weighted by atomic mass is 16.2. The summed E-state index contributed by atoms with van der Waals surface area (Å²) in [6.45, 7) is 5.56. The molecule has 3 aromatic rings. The van der Waals surface area contributed by atoms with E-state index in [-0.39, 0.29) is 12.1 Å². The van der Waals surface area contributed by atoms with E-state index >= 15 is 0 Å². The number of hydrogen-bond donors (Lipinski definition) is 2. The number of benzene rings is 1. The van der Waals surface area contributed by atoms with Crippen molar-refractivity contribution in [2.75, 3.05) is 6.54 Å². The maximum atomic E-state index is 13.0. The van der Waals surface area contributed by atoms with Crippen molar-refractivity contribution in [3.8, 4) is 0 Å². The highest BCUT2D eigenvalue weighted by Gasteiger charge is 2.26. The average Bonchev–Trinajstić information content (AvgIpc) is 2.90. The molecule has 1 aliphatic rings. The van der Waals surface area contributed by atoms with Crippen LogP contribution in [0.5, 0.6) is 0 Å². The predicted octanol–water partition coefficient (Wildman–Crippen LogP) is 5.01. The van der Waals surface area contributed by atoms with E-state index < -0.39 is 0 Å². The number of pyridine rings is 1. The molecular weight excluding hydrogens is 348 g/mol. The molecule has 1 aromatic carbocycles. The zero-order chi connectivity index (χ0) is 19.5. The number of aromatic amines is 1. The summed E-state index contributed by atoms with van der Waals surface area (Å²) in [6, 6.07) is 10.6. The predicted molar refractivity (Wildman–Crippen MR) is 112 cm³/mol. The molecule has 0 radical (unpaired) electrons.